The van der Waals surface area contributed by atoms with Gasteiger partial charge in [-0.3, -0.25) is 4.79 Å². The number of carbonyl (C=O) groups is 1. The standard InChI is InChI=1S/C19H19ClN2OS2/c1-22-16-10-9-15(20)12-17(16)25-19(22)21-18(23)8-5-11-24-13-14-6-3-2-4-7-14/h2-4,6-7,9-10,12H,5,8,11,13H2,1H3. The molecule has 0 unspecified atom stereocenters. The molecule has 0 N–H and O–H groups in total. The third-order valence-corrected chi connectivity index (χ3v) is 6.23. The summed E-state index contributed by atoms with van der Waals surface area (Å²) in [6.07, 6.45) is 1.33. The van der Waals surface area contributed by atoms with E-state index in [0.717, 1.165) is 32.9 Å². The van der Waals surface area contributed by atoms with Gasteiger partial charge in [-0.05, 0) is 35.9 Å². The number of aromatic nitrogens is 1. The molecular weight excluding hydrogens is 372 g/mol. The van der Waals surface area contributed by atoms with Gasteiger partial charge in [0.05, 0.1) is 10.2 Å². The molecule has 0 saturated heterocycles. The quantitative estimate of drug-likeness (QED) is 0.553. The van der Waals surface area contributed by atoms with Crippen LogP contribution >= 0.6 is 34.7 Å². The number of hydrogen-bond acceptors (Lipinski definition) is 3. The highest BCUT2D eigenvalue weighted by molar-refractivity contribution is 7.98. The fraction of sp³-hybridized carbons (Fsp3) is 0.263. The Hall–Kier alpha value is -1.56. The maximum atomic E-state index is 12.1. The van der Waals surface area contributed by atoms with Crippen LogP contribution in [0.15, 0.2) is 53.5 Å². The molecule has 0 aliphatic rings. The summed E-state index contributed by atoms with van der Waals surface area (Å²) in [4.78, 5) is 17.1. The summed E-state index contributed by atoms with van der Waals surface area (Å²) in [5.74, 6) is 1.89. The van der Waals surface area contributed by atoms with Crippen molar-refractivity contribution in [2.24, 2.45) is 12.0 Å². The normalized spacial score (nSPS) is 12.0. The van der Waals surface area contributed by atoms with Gasteiger partial charge in [-0.2, -0.15) is 16.8 Å². The Labute approximate surface area is 160 Å². The molecule has 25 heavy (non-hydrogen) atoms. The van der Waals surface area contributed by atoms with Gasteiger partial charge in [0, 0.05) is 24.2 Å². The van der Waals surface area contributed by atoms with Crippen molar-refractivity contribution < 1.29 is 4.79 Å². The van der Waals surface area contributed by atoms with Crippen LogP contribution in [0.3, 0.4) is 0 Å². The van der Waals surface area contributed by atoms with Crippen molar-refractivity contribution in [1.29, 1.82) is 0 Å². The number of thiazole rings is 1. The second-order valence-corrected chi connectivity index (χ2v) is 8.25. The average Bonchev–Trinajstić information content (AvgIpc) is 2.90. The first kappa shape index (κ1) is 18.2. The molecule has 1 heterocycles. The molecule has 3 aromatic rings. The van der Waals surface area contributed by atoms with E-state index >= 15 is 0 Å². The summed E-state index contributed by atoms with van der Waals surface area (Å²) in [6.45, 7) is 0. The third-order valence-electron chi connectivity index (χ3n) is 3.78. The molecule has 3 rings (SSSR count). The van der Waals surface area contributed by atoms with Crippen molar-refractivity contribution in [3.63, 3.8) is 0 Å². The lowest BCUT2D eigenvalue weighted by molar-refractivity contribution is -0.118. The highest BCUT2D eigenvalue weighted by Crippen LogP contribution is 2.21. The Morgan fingerprint density at radius 1 is 1.24 bits per heavy atom. The number of halogens is 1. The number of amides is 1. The fourth-order valence-corrected chi connectivity index (χ4v) is 4.70. The predicted molar refractivity (Wildman–Crippen MR) is 108 cm³/mol. The molecule has 0 aliphatic heterocycles. The molecule has 1 amide bonds. The number of fused-ring (bicyclic) bond motifs is 1. The first-order valence-corrected chi connectivity index (χ1v) is 10.4. The zero-order valence-corrected chi connectivity index (χ0v) is 16.3. The molecule has 0 radical (unpaired) electrons. The fourth-order valence-electron chi connectivity index (χ4n) is 2.47. The minimum absolute atomic E-state index is 0.0615. The minimum atomic E-state index is -0.0615. The van der Waals surface area contributed by atoms with E-state index in [-0.39, 0.29) is 5.91 Å². The van der Waals surface area contributed by atoms with Gasteiger partial charge in [-0.15, -0.1) is 0 Å². The molecule has 0 spiro atoms. The summed E-state index contributed by atoms with van der Waals surface area (Å²) >= 11 is 9.37. The summed E-state index contributed by atoms with van der Waals surface area (Å²) in [5.41, 5.74) is 2.36. The van der Waals surface area contributed by atoms with Crippen LogP contribution in [0.5, 0.6) is 0 Å². The van der Waals surface area contributed by atoms with Crippen LogP contribution < -0.4 is 4.80 Å². The van der Waals surface area contributed by atoms with E-state index < -0.39 is 0 Å². The second-order valence-electron chi connectivity index (χ2n) is 5.70. The highest BCUT2D eigenvalue weighted by atomic mass is 35.5. The van der Waals surface area contributed by atoms with Crippen molar-refractivity contribution >= 4 is 50.8 Å². The first-order valence-electron chi connectivity index (χ1n) is 8.08. The first-order chi connectivity index (χ1) is 12.1. The summed E-state index contributed by atoms with van der Waals surface area (Å²) in [6, 6.07) is 16.1. The molecular formula is C19H19ClN2OS2. The highest BCUT2D eigenvalue weighted by Gasteiger charge is 2.06. The average molecular weight is 391 g/mol. The predicted octanol–water partition coefficient (Wildman–Crippen LogP) is 5.03. The third kappa shape index (κ3) is 4.97. The van der Waals surface area contributed by atoms with Crippen LogP contribution in [-0.2, 0) is 17.6 Å². The van der Waals surface area contributed by atoms with Crippen molar-refractivity contribution in [2.45, 2.75) is 18.6 Å². The van der Waals surface area contributed by atoms with E-state index in [1.807, 2.05) is 47.6 Å². The smallest absolute Gasteiger partial charge is 0.248 e. The van der Waals surface area contributed by atoms with Gasteiger partial charge >= 0.3 is 0 Å². The Morgan fingerprint density at radius 2 is 2.04 bits per heavy atom. The summed E-state index contributed by atoms with van der Waals surface area (Å²) < 4.78 is 2.98. The van der Waals surface area contributed by atoms with Crippen molar-refractivity contribution in [3.8, 4) is 0 Å². The van der Waals surface area contributed by atoms with Gasteiger partial charge in [-0.25, -0.2) is 0 Å². The van der Waals surface area contributed by atoms with Gasteiger partial charge < -0.3 is 4.57 Å². The molecule has 3 nitrogen and oxygen atoms in total. The number of carbonyl (C=O) groups excluding carboxylic acids is 1. The van der Waals surface area contributed by atoms with Gasteiger partial charge in [0.15, 0.2) is 4.80 Å². The van der Waals surface area contributed by atoms with Crippen molar-refractivity contribution in [2.75, 3.05) is 5.75 Å². The lowest BCUT2D eigenvalue weighted by Crippen LogP contribution is -2.13. The van der Waals surface area contributed by atoms with Crippen LogP contribution in [0, 0.1) is 0 Å². The topological polar surface area (TPSA) is 34.4 Å². The zero-order chi connectivity index (χ0) is 17.6. The van der Waals surface area contributed by atoms with E-state index in [0.29, 0.717) is 11.4 Å². The monoisotopic (exact) mass is 390 g/mol. The Kier molecular flexibility index (Phi) is 6.34. The maximum Gasteiger partial charge on any atom is 0.248 e. The lowest BCUT2D eigenvalue weighted by atomic mass is 10.2. The van der Waals surface area contributed by atoms with Crippen molar-refractivity contribution in [1.82, 2.24) is 4.57 Å². The van der Waals surface area contributed by atoms with Crippen LogP contribution in [-0.4, -0.2) is 16.2 Å². The Bertz CT molecular complexity index is 931. The molecule has 1 aromatic heterocycles. The molecule has 0 atom stereocenters. The van der Waals surface area contributed by atoms with Crippen LogP contribution in [0.25, 0.3) is 10.2 Å². The van der Waals surface area contributed by atoms with Crippen LogP contribution in [0.1, 0.15) is 18.4 Å². The number of rotatable bonds is 6. The van der Waals surface area contributed by atoms with Gasteiger partial charge in [0.2, 0.25) is 5.91 Å². The number of aryl methyl sites for hydroxylation is 1. The van der Waals surface area contributed by atoms with E-state index in [1.165, 1.54) is 16.9 Å². The largest absolute Gasteiger partial charge is 0.319 e. The Morgan fingerprint density at radius 3 is 2.84 bits per heavy atom. The molecule has 130 valence electrons. The zero-order valence-electron chi connectivity index (χ0n) is 13.9. The van der Waals surface area contributed by atoms with Gasteiger partial charge in [0.25, 0.3) is 0 Å². The van der Waals surface area contributed by atoms with Crippen LogP contribution in [0.2, 0.25) is 5.02 Å². The van der Waals surface area contributed by atoms with Crippen molar-refractivity contribution in [3.05, 3.63) is 63.9 Å². The van der Waals surface area contributed by atoms with E-state index in [2.05, 4.69) is 29.3 Å². The number of thioether (sulfide) groups is 1. The second kappa shape index (κ2) is 8.70. The number of nitrogens with zero attached hydrogens (tertiary/aromatic N) is 2. The van der Waals surface area contributed by atoms with Crippen LogP contribution in [0.4, 0.5) is 0 Å². The van der Waals surface area contributed by atoms with E-state index in [9.17, 15) is 4.79 Å². The molecule has 0 saturated carbocycles. The minimum Gasteiger partial charge on any atom is -0.319 e. The van der Waals surface area contributed by atoms with E-state index in [4.69, 9.17) is 11.6 Å². The lowest BCUT2D eigenvalue weighted by Gasteiger charge is -2.00. The Balaban J connectivity index is 1.53. The maximum absolute atomic E-state index is 12.1. The van der Waals surface area contributed by atoms with E-state index in [1.54, 1.807) is 0 Å². The molecule has 6 heteroatoms. The van der Waals surface area contributed by atoms with Gasteiger partial charge in [-0.1, -0.05) is 53.3 Å². The SMILES string of the molecule is Cn1c(=NC(=O)CCCSCc2ccccc2)sc2cc(Cl)ccc21. The number of hydrogen-bond donors (Lipinski definition) is 0. The van der Waals surface area contributed by atoms with Gasteiger partial charge in [0.1, 0.15) is 0 Å². The summed E-state index contributed by atoms with van der Waals surface area (Å²) in [7, 11) is 1.93. The molecule has 0 fully saturated rings. The molecule has 0 aliphatic carbocycles. The molecule has 2 aromatic carbocycles. The summed E-state index contributed by atoms with van der Waals surface area (Å²) in [5, 5.41) is 0.697. The molecule has 0 bridgehead atoms. The number of benzene rings is 2.